The molecule has 76 valence electrons. The second kappa shape index (κ2) is 3.29. The van der Waals surface area contributed by atoms with E-state index in [1.165, 1.54) is 12.1 Å². The first kappa shape index (κ1) is 9.55. The Balaban J connectivity index is 2.40. The maximum Gasteiger partial charge on any atom is 0.192 e. The van der Waals surface area contributed by atoms with Crippen molar-refractivity contribution in [3.05, 3.63) is 35.4 Å². The minimum absolute atomic E-state index is 0.368. The molecule has 0 bridgehead atoms. The van der Waals surface area contributed by atoms with Gasteiger partial charge in [-0.2, -0.15) is 0 Å². The standard InChI is InChI=1S/C10H10F2O2/c1-10(13-2-3-14-10)7-4-8(11)6-9(12)5-7/h4-6H,2-3H2,1H3. The van der Waals surface area contributed by atoms with E-state index in [-0.39, 0.29) is 0 Å². The number of hydrogen-bond acceptors (Lipinski definition) is 2. The average molecular weight is 200 g/mol. The molecule has 14 heavy (non-hydrogen) atoms. The van der Waals surface area contributed by atoms with E-state index in [9.17, 15) is 8.78 Å². The predicted molar refractivity (Wildman–Crippen MR) is 45.6 cm³/mol. The van der Waals surface area contributed by atoms with Gasteiger partial charge in [-0.1, -0.05) is 0 Å². The molecule has 0 spiro atoms. The molecule has 1 heterocycles. The molecule has 1 aromatic rings. The maximum atomic E-state index is 12.9. The van der Waals surface area contributed by atoms with E-state index in [0.29, 0.717) is 18.8 Å². The molecule has 1 aliphatic rings. The number of hydrogen-bond donors (Lipinski definition) is 0. The lowest BCUT2D eigenvalue weighted by Gasteiger charge is -2.22. The van der Waals surface area contributed by atoms with Gasteiger partial charge in [-0.25, -0.2) is 8.78 Å². The Bertz CT molecular complexity index is 326. The van der Waals surface area contributed by atoms with Crippen LogP contribution in [-0.4, -0.2) is 13.2 Å². The summed E-state index contributed by atoms with van der Waals surface area (Å²) in [5.74, 6) is -2.26. The van der Waals surface area contributed by atoms with Gasteiger partial charge in [0.1, 0.15) is 11.6 Å². The largest absolute Gasteiger partial charge is 0.344 e. The van der Waals surface area contributed by atoms with E-state index in [1.54, 1.807) is 6.92 Å². The molecule has 1 aliphatic heterocycles. The molecule has 0 atom stereocenters. The lowest BCUT2D eigenvalue weighted by atomic mass is 10.1. The van der Waals surface area contributed by atoms with Crippen molar-refractivity contribution in [1.29, 1.82) is 0 Å². The van der Waals surface area contributed by atoms with Crippen LogP contribution >= 0.6 is 0 Å². The van der Waals surface area contributed by atoms with Crippen LogP contribution in [0, 0.1) is 11.6 Å². The monoisotopic (exact) mass is 200 g/mol. The fourth-order valence-electron chi connectivity index (χ4n) is 1.50. The molecular formula is C10H10F2O2. The lowest BCUT2D eigenvalue weighted by molar-refractivity contribution is -0.150. The van der Waals surface area contributed by atoms with Gasteiger partial charge in [-0.3, -0.25) is 0 Å². The van der Waals surface area contributed by atoms with Gasteiger partial charge in [0.25, 0.3) is 0 Å². The summed E-state index contributed by atoms with van der Waals surface area (Å²) in [5.41, 5.74) is 0.368. The van der Waals surface area contributed by atoms with Gasteiger partial charge < -0.3 is 9.47 Å². The van der Waals surface area contributed by atoms with Crippen LogP contribution in [0.15, 0.2) is 18.2 Å². The van der Waals surface area contributed by atoms with Crippen molar-refractivity contribution < 1.29 is 18.3 Å². The van der Waals surface area contributed by atoms with E-state index >= 15 is 0 Å². The van der Waals surface area contributed by atoms with Gasteiger partial charge in [0.15, 0.2) is 5.79 Å². The first-order valence-electron chi connectivity index (χ1n) is 4.35. The summed E-state index contributed by atoms with van der Waals surface area (Å²) in [6, 6.07) is 3.25. The first-order valence-corrected chi connectivity index (χ1v) is 4.35. The molecule has 2 rings (SSSR count). The Hall–Kier alpha value is -1.00. The summed E-state index contributed by atoms with van der Waals surface area (Å²) in [7, 11) is 0. The highest BCUT2D eigenvalue weighted by molar-refractivity contribution is 5.22. The predicted octanol–water partition coefficient (Wildman–Crippen LogP) is 2.18. The minimum Gasteiger partial charge on any atom is -0.344 e. The molecule has 1 fully saturated rings. The van der Waals surface area contributed by atoms with E-state index < -0.39 is 17.4 Å². The van der Waals surface area contributed by atoms with Crippen molar-refractivity contribution in [3.63, 3.8) is 0 Å². The smallest absolute Gasteiger partial charge is 0.192 e. The van der Waals surface area contributed by atoms with E-state index in [4.69, 9.17) is 9.47 Å². The third kappa shape index (κ3) is 1.63. The van der Waals surface area contributed by atoms with Gasteiger partial charge in [0.2, 0.25) is 0 Å². The Labute approximate surface area is 80.4 Å². The van der Waals surface area contributed by atoms with Gasteiger partial charge in [-0.15, -0.1) is 0 Å². The molecule has 1 saturated heterocycles. The molecule has 4 heteroatoms. The molecule has 0 N–H and O–H groups in total. The minimum atomic E-state index is -1.01. The Morgan fingerprint density at radius 2 is 1.57 bits per heavy atom. The van der Waals surface area contributed by atoms with Crippen LogP contribution in [0.5, 0.6) is 0 Å². The lowest BCUT2D eigenvalue weighted by Crippen LogP contribution is -2.22. The molecule has 2 nitrogen and oxygen atoms in total. The normalized spacial score (nSPS) is 19.9. The van der Waals surface area contributed by atoms with Crippen molar-refractivity contribution in [1.82, 2.24) is 0 Å². The molecular weight excluding hydrogens is 190 g/mol. The summed E-state index contributed by atoms with van der Waals surface area (Å²) in [6.45, 7) is 2.53. The number of halogens is 2. The first-order chi connectivity index (χ1) is 6.60. The number of rotatable bonds is 1. The van der Waals surface area contributed by atoms with Gasteiger partial charge >= 0.3 is 0 Å². The topological polar surface area (TPSA) is 18.5 Å². The second-order valence-corrected chi connectivity index (χ2v) is 3.30. The zero-order valence-corrected chi connectivity index (χ0v) is 7.72. The molecule has 0 unspecified atom stereocenters. The van der Waals surface area contributed by atoms with Crippen LogP contribution < -0.4 is 0 Å². The summed E-state index contributed by atoms with van der Waals surface area (Å²) in [6.07, 6.45) is 0. The van der Waals surface area contributed by atoms with Crippen LogP contribution in [0.25, 0.3) is 0 Å². The Morgan fingerprint density at radius 3 is 2.07 bits per heavy atom. The molecule has 0 aromatic heterocycles. The van der Waals surface area contributed by atoms with Crippen LogP contribution in [0.3, 0.4) is 0 Å². The summed E-state index contributed by atoms with van der Waals surface area (Å²) in [4.78, 5) is 0. The highest BCUT2D eigenvalue weighted by atomic mass is 19.1. The van der Waals surface area contributed by atoms with Gasteiger partial charge in [0.05, 0.1) is 13.2 Å². The fourth-order valence-corrected chi connectivity index (χ4v) is 1.50. The van der Waals surface area contributed by atoms with Crippen molar-refractivity contribution in [2.45, 2.75) is 12.7 Å². The summed E-state index contributed by atoms with van der Waals surface area (Å²) < 4.78 is 36.4. The highest BCUT2D eigenvalue weighted by Crippen LogP contribution is 2.31. The van der Waals surface area contributed by atoms with Gasteiger partial charge in [0, 0.05) is 11.6 Å². The van der Waals surface area contributed by atoms with Crippen molar-refractivity contribution in [2.24, 2.45) is 0 Å². The van der Waals surface area contributed by atoms with Crippen molar-refractivity contribution >= 4 is 0 Å². The van der Waals surface area contributed by atoms with Crippen molar-refractivity contribution in [2.75, 3.05) is 13.2 Å². The average Bonchev–Trinajstić information content (AvgIpc) is 2.52. The SMILES string of the molecule is CC1(c2cc(F)cc(F)c2)OCCO1. The fraction of sp³-hybridized carbons (Fsp3) is 0.400. The zero-order valence-electron chi connectivity index (χ0n) is 7.72. The van der Waals surface area contributed by atoms with Crippen molar-refractivity contribution in [3.8, 4) is 0 Å². The van der Waals surface area contributed by atoms with Crippen LogP contribution in [0.1, 0.15) is 12.5 Å². The molecule has 0 radical (unpaired) electrons. The molecule has 0 amide bonds. The Kier molecular flexibility index (Phi) is 2.25. The third-order valence-corrected chi connectivity index (χ3v) is 2.23. The summed E-state index contributed by atoms with van der Waals surface area (Å²) >= 11 is 0. The molecule has 0 aliphatic carbocycles. The van der Waals surface area contributed by atoms with Crippen LogP contribution in [0.2, 0.25) is 0 Å². The van der Waals surface area contributed by atoms with Crippen LogP contribution in [0.4, 0.5) is 8.78 Å². The maximum absolute atomic E-state index is 12.9. The quantitative estimate of drug-likeness (QED) is 0.691. The molecule has 1 aromatic carbocycles. The second-order valence-electron chi connectivity index (χ2n) is 3.30. The van der Waals surface area contributed by atoms with Crippen LogP contribution in [-0.2, 0) is 15.3 Å². The number of ether oxygens (including phenoxy) is 2. The van der Waals surface area contributed by atoms with E-state index in [0.717, 1.165) is 6.07 Å². The third-order valence-electron chi connectivity index (χ3n) is 2.23. The number of benzene rings is 1. The summed E-state index contributed by atoms with van der Waals surface area (Å²) in [5, 5.41) is 0. The van der Waals surface area contributed by atoms with E-state index in [2.05, 4.69) is 0 Å². The highest BCUT2D eigenvalue weighted by Gasteiger charge is 2.33. The van der Waals surface area contributed by atoms with E-state index in [1.807, 2.05) is 0 Å². The Morgan fingerprint density at radius 1 is 1.07 bits per heavy atom. The zero-order chi connectivity index (χ0) is 10.2. The molecule has 0 saturated carbocycles. The van der Waals surface area contributed by atoms with Gasteiger partial charge in [-0.05, 0) is 19.1 Å².